The van der Waals surface area contributed by atoms with Crippen LogP contribution in [0.1, 0.15) is 20.3 Å². The minimum Gasteiger partial charge on any atom is -0.316 e. The van der Waals surface area contributed by atoms with Gasteiger partial charge in [0.15, 0.2) is 0 Å². The largest absolute Gasteiger partial charge is 0.316 e. The van der Waals surface area contributed by atoms with Gasteiger partial charge in [0.05, 0.1) is 0 Å². The molecule has 0 atom stereocenters. The molecule has 0 aromatic carbocycles. The van der Waals surface area contributed by atoms with E-state index in [2.05, 4.69) is 13.8 Å². The summed E-state index contributed by atoms with van der Waals surface area (Å²) in [6, 6.07) is 0. The van der Waals surface area contributed by atoms with Crippen molar-refractivity contribution in [1.82, 2.24) is 5.31 Å². The maximum absolute atomic E-state index is 7.22. The van der Waals surface area contributed by atoms with Gasteiger partial charge in [-0.25, -0.2) is 0 Å². The summed E-state index contributed by atoms with van der Waals surface area (Å²) in [4.78, 5) is 0. The Kier molecular flexibility index (Phi) is 0.824. The van der Waals surface area contributed by atoms with Crippen LogP contribution in [0, 0.1) is 5.41 Å². The highest BCUT2D eigenvalue weighted by Gasteiger charge is 2.21. The van der Waals surface area contributed by atoms with Gasteiger partial charge in [0, 0.05) is 6.54 Å². The van der Waals surface area contributed by atoms with Crippen molar-refractivity contribution in [2.24, 2.45) is 5.41 Å². The second kappa shape index (κ2) is 1.48. The first-order chi connectivity index (χ1) is 3.60. The summed E-state index contributed by atoms with van der Waals surface area (Å²) in [6.45, 7) is 6.31. The van der Waals surface area contributed by atoms with Crippen LogP contribution in [0.15, 0.2) is 0 Å². The molecule has 7 heavy (non-hydrogen) atoms. The third-order valence-electron chi connectivity index (χ3n) is 1.49. The Bertz CT molecular complexity index is 90.5. The Morgan fingerprint density at radius 3 is 2.57 bits per heavy atom. The zero-order valence-electron chi connectivity index (χ0n) is 6.07. The minimum atomic E-state index is 0.405. The average molecular weight is 100 g/mol. The fourth-order valence-electron chi connectivity index (χ4n) is 0.842. The lowest BCUT2D eigenvalue weighted by Gasteiger charge is -2.12. The Morgan fingerprint density at radius 2 is 2.43 bits per heavy atom. The van der Waals surface area contributed by atoms with Crippen molar-refractivity contribution < 1.29 is 1.41 Å². The van der Waals surface area contributed by atoms with Crippen molar-refractivity contribution in [2.45, 2.75) is 20.3 Å². The molecule has 0 spiro atoms. The SMILES string of the molecule is [2H]N1CCC(C)(C)C1. The zero-order valence-corrected chi connectivity index (χ0v) is 5.07. The lowest BCUT2D eigenvalue weighted by molar-refractivity contribution is 0.413. The summed E-state index contributed by atoms with van der Waals surface area (Å²) >= 11 is 0. The van der Waals surface area contributed by atoms with Crippen LogP contribution in [0.5, 0.6) is 0 Å². The fourth-order valence-corrected chi connectivity index (χ4v) is 0.842. The van der Waals surface area contributed by atoms with Crippen molar-refractivity contribution in [2.75, 3.05) is 13.1 Å². The van der Waals surface area contributed by atoms with Crippen LogP contribution in [-0.4, -0.2) is 13.1 Å². The van der Waals surface area contributed by atoms with Crippen molar-refractivity contribution in [3.63, 3.8) is 0 Å². The normalized spacial score (nSPS) is 33.1. The molecule has 1 rings (SSSR count). The molecular formula is C6H13N. The monoisotopic (exact) mass is 100 g/mol. The molecule has 0 saturated carbocycles. The molecule has 1 aliphatic heterocycles. The fraction of sp³-hybridized carbons (Fsp3) is 1.00. The van der Waals surface area contributed by atoms with E-state index in [4.69, 9.17) is 1.41 Å². The highest BCUT2D eigenvalue weighted by atomic mass is 14.9. The van der Waals surface area contributed by atoms with Crippen LogP contribution in [0.2, 0.25) is 1.41 Å². The molecule has 1 aliphatic rings. The summed E-state index contributed by atoms with van der Waals surface area (Å²) in [5.41, 5.74) is 0.405. The van der Waals surface area contributed by atoms with E-state index in [1.54, 1.807) is 5.31 Å². The van der Waals surface area contributed by atoms with E-state index >= 15 is 0 Å². The van der Waals surface area contributed by atoms with Gasteiger partial charge in [0.25, 0.3) is 0 Å². The topological polar surface area (TPSA) is 12.0 Å². The van der Waals surface area contributed by atoms with E-state index in [1.807, 2.05) is 0 Å². The molecule has 1 nitrogen and oxygen atoms in total. The van der Waals surface area contributed by atoms with E-state index in [0.29, 0.717) is 5.41 Å². The van der Waals surface area contributed by atoms with Crippen LogP contribution >= 0.6 is 0 Å². The highest BCUT2D eigenvalue weighted by Crippen LogP contribution is 2.21. The van der Waals surface area contributed by atoms with Crippen LogP contribution < -0.4 is 5.31 Å². The first-order valence-corrected chi connectivity index (χ1v) is 2.84. The highest BCUT2D eigenvalue weighted by molar-refractivity contribution is 4.78. The number of nitrogens with one attached hydrogen (secondary N) is 1. The van der Waals surface area contributed by atoms with E-state index in [-0.39, 0.29) is 0 Å². The molecule has 1 heteroatoms. The third kappa shape index (κ3) is 1.16. The summed E-state index contributed by atoms with van der Waals surface area (Å²) in [5, 5.41) is 1.64. The van der Waals surface area contributed by atoms with E-state index in [0.717, 1.165) is 13.1 Å². The minimum absolute atomic E-state index is 0.405. The van der Waals surface area contributed by atoms with Gasteiger partial charge in [0.2, 0.25) is 0 Å². The van der Waals surface area contributed by atoms with Crippen LogP contribution in [0.4, 0.5) is 0 Å². The predicted molar refractivity (Wildman–Crippen MR) is 31.3 cm³/mol. The molecule has 0 aliphatic carbocycles. The van der Waals surface area contributed by atoms with Gasteiger partial charge in [-0.05, 0) is 18.4 Å². The van der Waals surface area contributed by atoms with E-state index in [1.165, 1.54) is 6.42 Å². The molecule has 1 heterocycles. The van der Waals surface area contributed by atoms with Crippen molar-refractivity contribution in [3.05, 3.63) is 0 Å². The van der Waals surface area contributed by atoms with Gasteiger partial charge < -0.3 is 5.31 Å². The van der Waals surface area contributed by atoms with Gasteiger partial charge in [-0.3, -0.25) is 0 Å². The number of rotatable bonds is 0. The summed E-state index contributed by atoms with van der Waals surface area (Å²) in [6.07, 6.45) is 1.18. The Hall–Kier alpha value is -0.0400. The Labute approximate surface area is 46.6 Å². The predicted octanol–water partition coefficient (Wildman–Crippen LogP) is 1.01. The molecule has 0 aromatic heterocycles. The van der Waals surface area contributed by atoms with Gasteiger partial charge in [0.1, 0.15) is 1.41 Å². The summed E-state index contributed by atoms with van der Waals surface area (Å²) in [7, 11) is 0. The second-order valence-electron chi connectivity index (χ2n) is 3.02. The number of hydrogen-bond acceptors (Lipinski definition) is 1. The van der Waals surface area contributed by atoms with E-state index in [9.17, 15) is 0 Å². The first-order valence-electron chi connectivity index (χ1n) is 3.29. The first kappa shape index (κ1) is 3.90. The van der Waals surface area contributed by atoms with Crippen LogP contribution in [-0.2, 0) is 0 Å². The molecule has 42 valence electrons. The molecular weight excluding hydrogens is 86.1 g/mol. The molecule has 1 saturated heterocycles. The maximum Gasteiger partial charge on any atom is 0.122 e. The van der Waals surface area contributed by atoms with Gasteiger partial charge >= 0.3 is 0 Å². The zero-order chi connectivity index (χ0) is 6.20. The summed E-state index contributed by atoms with van der Waals surface area (Å²) < 4.78 is 7.22. The maximum atomic E-state index is 7.22. The molecule has 0 unspecified atom stereocenters. The quantitative estimate of drug-likeness (QED) is 0.479. The number of hydrogen-bond donors (Lipinski definition) is 1. The van der Waals surface area contributed by atoms with Crippen LogP contribution in [0.25, 0.3) is 0 Å². The molecule has 0 amide bonds. The molecule has 0 radical (unpaired) electrons. The van der Waals surface area contributed by atoms with Crippen molar-refractivity contribution in [3.8, 4) is 0 Å². The van der Waals surface area contributed by atoms with Gasteiger partial charge in [-0.1, -0.05) is 13.8 Å². The lowest BCUT2D eigenvalue weighted by atomic mass is 9.93. The second-order valence-corrected chi connectivity index (χ2v) is 3.02. The van der Waals surface area contributed by atoms with Crippen LogP contribution in [0.3, 0.4) is 0 Å². The Balaban J connectivity index is 2.44. The smallest absolute Gasteiger partial charge is 0.122 e. The Morgan fingerprint density at radius 1 is 1.71 bits per heavy atom. The summed E-state index contributed by atoms with van der Waals surface area (Å²) in [5.74, 6) is 0. The van der Waals surface area contributed by atoms with Crippen molar-refractivity contribution >= 4 is 0 Å². The molecule has 1 N–H and O–H groups in total. The molecule has 0 bridgehead atoms. The van der Waals surface area contributed by atoms with E-state index < -0.39 is 0 Å². The van der Waals surface area contributed by atoms with Gasteiger partial charge in [-0.15, -0.1) is 0 Å². The third-order valence-corrected chi connectivity index (χ3v) is 1.49. The standard InChI is InChI=1S/C6H13N/c1-6(2)3-4-7-5-6/h7H,3-5H2,1-2H3/i/hD. The lowest BCUT2D eigenvalue weighted by Crippen LogP contribution is -2.15. The average Bonchev–Trinajstić information content (AvgIpc) is 1.82. The molecule has 0 aromatic rings. The van der Waals surface area contributed by atoms with Crippen molar-refractivity contribution in [1.29, 1.82) is 0 Å². The van der Waals surface area contributed by atoms with Gasteiger partial charge in [-0.2, -0.15) is 0 Å². The molecule has 1 fully saturated rings.